The summed E-state index contributed by atoms with van der Waals surface area (Å²) in [6.07, 6.45) is 0.787. The second-order valence-corrected chi connectivity index (χ2v) is 4.03. The predicted molar refractivity (Wildman–Crippen MR) is 73.4 cm³/mol. The van der Waals surface area contributed by atoms with Crippen LogP contribution in [0.25, 0.3) is 0 Å². The predicted octanol–water partition coefficient (Wildman–Crippen LogP) is 0.632. The number of anilines is 1. The number of benzene rings is 1. The molecule has 0 aromatic heterocycles. The highest BCUT2D eigenvalue weighted by atomic mass is 16.6. The van der Waals surface area contributed by atoms with Crippen LogP contribution in [0.4, 0.5) is 11.4 Å². The Bertz CT molecular complexity index is 530. The molecule has 2 amide bonds. The minimum Gasteiger partial charge on any atom is -0.379 e. The van der Waals surface area contributed by atoms with E-state index in [9.17, 15) is 19.7 Å². The van der Waals surface area contributed by atoms with Gasteiger partial charge in [-0.3, -0.25) is 19.7 Å². The maximum atomic E-state index is 11.8. The number of nitro benzene ring substituents is 1. The molecule has 0 fully saturated rings. The van der Waals surface area contributed by atoms with Crippen molar-refractivity contribution in [3.63, 3.8) is 0 Å². The van der Waals surface area contributed by atoms with E-state index in [1.807, 2.05) is 6.92 Å². The largest absolute Gasteiger partial charge is 0.379 e. The average Bonchev–Trinajstić information content (AvgIpc) is 2.41. The summed E-state index contributed by atoms with van der Waals surface area (Å²) in [5, 5.41) is 16.3. The summed E-state index contributed by atoms with van der Waals surface area (Å²) in [5.74, 6) is -1.43. The monoisotopic (exact) mass is 280 g/mol. The summed E-state index contributed by atoms with van der Waals surface area (Å²) in [7, 11) is 0. The van der Waals surface area contributed by atoms with Crippen molar-refractivity contribution in [2.24, 2.45) is 5.73 Å². The molecule has 0 radical (unpaired) electrons. The molecule has 0 saturated carbocycles. The van der Waals surface area contributed by atoms with Crippen LogP contribution < -0.4 is 16.4 Å². The van der Waals surface area contributed by atoms with Gasteiger partial charge in [-0.05, 0) is 18.6 Å². The van der Waals surface area contributed by atoms with E-state index in [4.69, 9.17) is 5.73 Å². The zero-order valence-corrected chi connectivity index (χ0v) is 11.0. The number of primary amides is 1. The Morgan fingerprint density at radius 2 is 2.10 bits per heavy atom. The summed E-state index contributed by atoms with van der Waals surface area (Å²) in [4.78, 5) is 33.0. The number of nitro groups is 1. The Hall–Kier alpha value is -2.64. The lowest BCUT2D eigenvalue weighted by atomic mass is 10.1. The minimum absolute atomic E-state index is 0.114. The molecule has 1 rings (SSSR count). The first-order valence-electron chi connectivity index (χ1n) is 6.05. The molecule has 1 aromatic carbocycles. The van der Waals surface area contributed by atoms with Crippen LogP contribution in [-0.4, -0.2) is 29.8 Å². The van der Waals surface area contributed by atoms with Crippen LogP contribution in [0.5, 0.6) is 0 Å². The van der Waals surface area contributed by atoms with Crippen LogP contribution in [0.2, 0.25) is 0 Å². The third-order valence-electron chi connectivity index (χ3n) is 2.45. The highest BCUT2D eigenvalue weighted by molar-refractivity contribution is 6.01. The molecule has 0 unspecified atom stereocenters. The van der Waals surface area contributed by atoms with Crippen LogP contribution >= 0.6 is 0 Å². The fraction of sp³-hybridized carbons (Fsp3) is 0.333. The first-order valence-corrected chi connectivity index (χ1v) is 6.05. The van der Waals surface area contributed by atoms with Gasteiger partial charge in [0.1, 0.15) is 11.3 Å². The fourth-order valence-corrected chi connectivity index (χ4v) is 1.59. The quantitative estimate of drug-likeness (QED) is 0.498. The van der Waals surface area contributed by atoms with Crippen LogP contribution in [0, 0.1) is 10.1 Å². The van der Waals surface area contributed by atoms with E-state index < -0.39 is 16.7 Å². The summed E-state index contributed by atoms with van der Waals surface area (Å²) in [6, 6.07) is 4.38. The first-order chi connectivity index (χ1) is 9.47. The van der Waals surface area contributed by atoms with E-state index in [-0.39, 0.29) is 23.5 Å². The Labute approximate surface area is 115 Å². The Balaban J connectivity index is 3.08. The summed E-state index contributed by atoms with van der Waals surface area (Å²) >= 11 is 0. The second-order valence-electron chi connectivity index (χ2n) is 4.03. The highest BCUT2D eigenvalue weighted by Gasteiger charge is 2.24. The number of carbonyl (C=O) groups excluding carboxylic acids is 2. The van der Waals surface area contributed by atoms with E-state index in [1.165, 1.54) is 18.2 Å². The number of nitrogens with zero attached hydrogens (tertiary/aromatic N) is 1. The molecule has 20 heavy (non-hydrogen) atoms. The van der Waals surface area contributed by atoms with Gasteiger partial charge in [-0.25, -0.2) is 0 Å². The van der Waals surface area contributed by atoms with E-state index in [0.29, 0.717) is 6.54 Å². The van der Waals surface area contributed by atoms with E-state index >= 15 is 0 Å². The van der Waals surface area contributed by atoms with Crippen molar-refractivity contribution < 1.29 is 14.5 Å². The molecule has 0 bridgehead atoms. The molecule has 0 atom stereocenters. The van der Waals surface area contributed by atoms with Gasteiger partial charge in [-0.1, -0.05) is 13.0 Å². The molecule has 0 aliphatic heterocycles. The molecule has 1 aromatic rings. The third kappa shape index (κ3) is 3.94. The van der Waals surface area contributed by atoms with Gasteiger partial charge in [0.05, 0.1) is 11.5 Å². The molecule has 0 saturated heterocycles. The smallest absolute Gasteiger partial charge is 0.305 e. The number of rotatable bonds is 7. The zero-order chi connectivity index (χ0) is 15.1. The number of nitrogens with two attached hydrogens (primary N) is 1. The van der Waals surface area contributed by atoms with Crippen LogP contribution in [0.3, 0.4) is 0 Å². The van der Waals surface area contributed by atoms with Gasteiger partial charge in [0, 0.05) is 6.54 Å². The Morgan fingerprint density at radius 1 is 1.40 bits per heavy atom. The van der Waals surface area contributed by atoms with Gasteiger partial charge in [0.2, 0.25) is 5.91 Å². The average molecular weight is 280 g/mol. The Morgan fingerprint density at radius 3 is 2.65 bits per heavy atom. The van der Waals surface area contributed by atoms with Crippen molar-refractivity contribution >= 4 is 23.2 Å². The van der Waals surface area contributed by atoms with Crippen molar-refractivity contribution in [2.45, 2.75) is 13.3 Å². The molecule has 8 nitrogen and oxygen atoms in total. The molecular weight excluding hydrogens is 264 g/mol. The topological polar surface area (TPSA) is 127 Å². The fourth-order valence-electron chi connectivity index (χ4n) is 1.59. The number of hydrogen-bond acceptors (Lipinski definition) is 5. The molecule has 4 N–H and O–H groups in total. The lowest BCUT2D eigenvalue weighted by Gasteiger charge is -2.09. The summed E-state index contributed by atoms with van der Waals surface area (Å²) < 4.78 is 0. The lowest BCUT2D eigenvalue weighted by molar-refractivity contribution is -0.384. The minimum atomic E-state index is -0.721. The van der Waals surface area contributed by atoms with Crippen molar-refractivity contribution in [2.75, 3.05) is 18.4 Å². The van der Waals surface area contributed by atoms with Crippen molar-refractivity contribution in [1.29, 1.82) is 0 Å². The molecule has 0 heterocycles. The number of amides is 2. The first kappa shape index (κ1) is 15.4. The second kappa shape index (κ2) is 7.07. The van der Waals surface area contributed by atoms with Crippen LogP contribution in [-0.2, 0) is 4.79 Å². The molecular formula is C12H16N4O4. The van der Waals surface area contributed by atoms with Gasteiger partial charge >= 0.3 is 5.69 Å². The lowest BCUT2D eigenvalue weighted by Crippen LogP contribution is -2.33. The van der Waals surface area contributed by atoms with Crippen LogP contribution in [0.15, 0.2) is 18.2 Å². The number of hydrogen-bond donors (Lipinski definition) is 3. The van der Waals surface area contributed by atoms with Crippen molar-refractivity contribution in [3.05, 3.63) is 33.9 Å². The number of para-hydroxylation sites is 1. The van der Waals surface area contributed by atoms with E-state index in [0.717, 1.165) is 6.42 Å². The normalized spacial score (nSPS) is 9.85. The Kier molecular flexibility index (Phi) is 5.45. The molecule has 108 valence electrons. The standard InChI is InChI=1S/C12H16N4O4/c1-2-6-14-9-5-3-4-8(11(9)16(19)20)12(18)15-7-10(13)17/h3-5,14H,2,6-7H2,1H3,(H2,13,17)(H,15,18). The van der Waals surface area contributed by atoms with Gasteiger partial charge < -0.3 is 16.4 Å². The van der Waals surface area contributed by atoms with Gasteiger partial charge in [-0.15, -0.1) is 0 Å². The van der Waals surface area contributed by atoms with Gasteiger partial charge in [0.15, 0.2) is 0 Å². The number of carbonyl (C=O) groups is 2. The summed E-state index contributed by atoms with van der Waals surface area (Å²) in [6.45, 7) is 2.10. The van der Waals surface area contributed by atoms with E-state index in [1.54, 1.807) is 0 Å². The number of nitrogens with one attached hydrogen (secondary N) is 2. The molecule has 0 aliphatic rings. The molecule has 8 heteroatoms. The third-order valence-corrected chi connectivity index (χ3v) is 2.45. The zero-order valence-electron chi connectivity index (χ0n) is 11.0. The highest BCUT2D eigenvalue weighted by Crippen LogP contribution is 2.28. The van der Waals surface area contributed by atoms with Crippen LogP contribution in [0.1, 0.15) is 23.7 Å². The van der Waals surface area contributed by atoms with Crippen molar-refractivity contribution in [1.82, 2.24) is 5.32 Å². The van der Waals surface area contributed by atoms with Crippen molar-refractivity contribution in [3.8, 4) is 0 Å². The summed E-state index contributed by atoms with van der Waals surface area (Å²) in [5.41, 5.74) is 4.75. The SMILES string of the molecule is CCCNc1cccc(C(=O)NCC(N)=O)c1[N+](=O)[O-]. The maximum Gasteiger partial charge on any atom is 0.305 e. The maximum absolute atomic E-state index is 11.8. The molecule has 0 aliphatic carbocycles. The van der Waals surface area contributed by atoms with Gasteiger partial charge in [-0.2, -0.15) is 0 Å². The molecule has 0 spiro atoms. The van der Waals surface area contributed by atoms with Gasteiger partial charge in [0.25, 0.3) is 5.91 Å². The van der Waals surface area contributed by atoms with E-state index in [2.05, 4.69) is 10.6 Å².